The number of amides is 1. The van der Waals surface area contributed by atoms with Gasteiger partial charge in [-0.25, -0.2) is 0 Å². The summed E-state index contributed by atoms with van der Waals surface area (Å²) in [4.78, 5) is 16.6. The number of thiophene rings is 1. The van der Waals surface area contributed by atoms with E-state index < -0.39 is 0 Å². The van der Waals surface area contributed by atoms with Crippen molar-refractivity contribution in [1.82, 2.24) is 4.90 Å². The monoisotopic (exact) mass is 301 g/mol. The summed E-state index contributed by atoms with van der Waals surface area (Å²) in [6, 6.07) is 12.3. The Balaban J connectivity index is 2.17. The molecule has 0 fully saturated rings. The Bertz CT molecular complexity index is 603. The molecule has 0 aliphatic carbocycles. The number of hydrogen-bond acceptors (Lipinski definition) is 2. The number of benzene rings is 1. The lowest BCUT2D eigenvalue weighted by Crippen LogP contribution is -2.29. The van der Waals surface area contributed by atoms with Gasteiger partial charge in [0, 0.05) is 11.9 Å². The number of rotatable bonds is 5. The molecule has 3 heteroatoms. The minimum Gasteiger partial charge on any atom is -0.334 e. The first-order chi connectivity index (χ1) is 10.0. The van der Waals surface area contributed by atoms with Crippen LogP contribution in [0.1, 0.15) is 52.0 Å². The number of carbonyl (C=O) groups excluding carboxylic acids is 1. The van der Waals surface area contributed by atoms with E-state index in [4.69, 9.17) is 0 Å². The van der Waals surface area contributed by atoms with E-state index in [1.54, 1.807) is 11.3 Å². The van der Waals surface area contributed by atoms with Crippen LogP contribution in [-0.2, 0) is 6.42 Å². The minimum atomic E-state index is 0.0794. The van der Waals surface area contributed by atoms with Crippen molar-refractivity contribution in [3.63, 3.8) is 0 Å². The maximum Gasteiger partial charge on any atom is 0.264 e. The largest absolute Gasteiger partial charge is 0.334 e. The van der Waals surface area contributed by atoms with Crippen LogP contribution < -0.4 is 0 Å². The molecule has 0 radical (unpaired) electrons. The molecule has 1 aromatic carbocycles. The van der Waals surface area contributed by atoms with Gasteiger partial charge < -0.3 is 4.90 Å². The second-order valence-corrected chi connectivity index (χ2v) is 6.70. The van der Waals surface area contributed by atoms with Gasteiger partial charge >= 0.3 is 0 Å². The van der Waals surface area contributed by atoms with Crippen LogP contribution in [0, 0.1) is 6.92 Å². The third-order valence-electron chi connectivity index (χ3n) is 3.93. The quantitative estimate of drug-likeness (QED) is 0.773. The Kier molecular flexibility index (Phi) is 5.18. The van der Waals surface area contributed by atoms with Crippen molar-refractivity contribution < 1.29 is 4.79 Å². The molecular formula is C18H23NOS. The van der Waals surface area contributed by atoms with Gasteiger partial charge in [0.05, 0.1) is 10.9 Å². The highest BCUT2D eigenvalue weighted by Crippen LogP contribution is 2.27. The van der Waals surface area contributed by atoms with Crippen molar-refractivity contribution in [1.29, 1.82) is 0 Å². The fourth-order valence-electron chi connectivity index (χ4n) is 2.45. The van der Waals surface area contributed by atoms with E-state index in [9.17, 15) is 4.79 Å². The van der Waals surface area contributed by atoms with Crippen LogP contribution in [0.3, 0.4) is 0 Å². The zero-order valence-corrected chi connectivity index (χ0v) is 14.0. The molecule has 1 heterocycles. The van der Waals surface area contributed by atoms with E-state index in [0.717, 1.165) is 23.3 Å². The van der Waals surface area contributed by atoms with Crippen molar-refractivity contribution in [3.05, 3.63) is 57.3 Å². The van der Waals surface area contributed by atoms with Crippen LogP contribution in [-0.4, -0.2) is 17.9 Å². The molecule has 2 aromatic rings. The van der Waals surface area contributed by atoms with Gasteiger partial charge in [-0.1, -0.05) is 43.7 Å². The standard InChI is InChI=1S/C18H23NOS/c1-5-9-16-12-17(21-14(16)3)18(20)19(4)13(2)15-10-7-6-8-11-15/h6-8,10-13H,5,9H2,1-4H3. The molecule has 1 unspecified atom stereocenters. The van der Waals surface area contributed by atoms with Gasteiger partial charge in [0.2, 0.25) is 0 Å². The minimum absolute atomic E-state index is 0.0794. The van der Waals surface area contributed by atoms with Gasteiger partial charge in [0.15, 0.2) is 0 Å². The molecule has 1 amide bonds. The molecule has 112 valence electrons. The van der Waals surface area contributed by atoms with Crippen molar-refractivity contribution in [2.45, 2.75) is 39.7 Å². The molecule has 1 atom stereocenters. The highest BCUT2D eigenvalue weighted by atomic mass is 32.1. The summed E-state index contributed by atoms with van der Waals surface area (Å²) in [6.07, 6.45) is 2.16. The summed E-state index contributed by atoms with van der Waals surface area (Å²) < 4.78 is 0. The Hall–Kier alpha value is -1.61. The van der Waals surface area contributed by atoms with Crippen molar-refractivity contribution >= 4 is 17.2 Å². The van der Waals surface area contributed by atoms with Crippen molar-refractivity contribution in [2.24, 2.45) is 0 Å². The van der Waals surface area contributed by atoms with E-state index in [0.29, 0.717) is 0 Å². The molecule has 0 spiro atoms. The predicted octanol–water partition coefficient (Wildman–Crippen LogP) is 4.84. The first kappa shape index (κ1) is 15.8. The lowest BCUT2D eigenvalue weighted by molar-refractivity contribution is 0.0747. The molecule has 0 N–H and O–H groups in total. The number of hydrogen-bond donors (Lipinski definition) is 0. The summed E-state index contributed by atoms with van der Waals surface area (Å²) in [5.74, 6) is 0.113. The lowest BCUT2D eigenvalue weighted by Gasteiger charge is -2.24. The van der Waals surface area contributed by atoms with Crippen LogP contribution in [0.25, 0.3) is 0 Å². The maximum atomic E-state index is 12.7. The summed E-state index contributed by atoms with van der Waals surface area (Å²) in [5, 5.41) is 0. The molecular weight excluding hydrogens is 278 g/mol. The molecule has 0 saturated carbocycles. The third-order valence-corrected chi connectivity index (χ3v) is 5.01. The second-order valence-electron chi connectivity index (χ2n) is 5.44. The van der Waals surface area contributed by atoms with E-state index in [1.807, 2.05) is 30.1 Å². The number of nitrogens with zero attached hydrogens (tertiary/aromatic N) is 1. The normalized spacial score (nSPS) is 12.2. The van der Waals surface area contributed by atoms with Crippen LogP contribution in [0.2, 0.25) is 0 Å². The molecule has 2 rings (SSSR count). The average Bonchev–Trinajstić information content (AvgIpc) is 2.87. The van der Waals surface area contributed by atoms with Crippen LogP contribution in [0.5, 0.6) is 0 Å². The topological polar surface area (TPSA) is 20.3 Å². The summed E-state index contributed by atoms with van der Waals surface area (Å²) >= 11 is 1.61. The predicted molar refractivity (Wildman–Crippen MR) is 90.0 cm³/mol. The van der Waals surface area contributed by atoms with E-state index in [1.165, 1.54) is 10.4 Å². The zero-order chi connectivity index (χ0) is 15.4. The Morgan fingerprint density at radius 2 is 1.95 bits per heavy atom. The first-order valence-corrected chi connectivity index (χ1v) is 8.27. The first-order valence-electron chi connectivity index (χ1n) is 7.46. The fraction of sp³-hybridized carbons (Fsp3) is 0.389. The zero-order valence-electron chi connectivity index (χ0n) is 13.2. The maximum absolute atomic E-state index is 12.7. The highest BCUT2D eigenvalue weighted by Gasteiger charge is 2.21. The molecule has 0 aliphatic rings. The lowest BCUT2D eigenvalue weighted by atomic mass is 10.1. The molecule has 1 aromatic heterocycles. The Labute approximate surface area is 131 Å². The van der Waals surface area contributed by atoms with Gasteiger partial charge in [0.25, 0.3) is 5.91 Å². The summed E-state index contributed by atoms with van der Waals surface area (Å²) in [5.41, 5.74) is 2.47. The molecule has 0 bridgehead atoms. The molecule has 2 nitrogen and oxygen atoms in total. The fourth-order valence-corrected chi connectivity index (χ4v) is 3.50. The summed E-state index contributed by atoms with van der Waals surface area (Å²) in [6.45, 7) is 6.34. The van der Waals surface area contributed by atoms with Gasteiger partial charge in [0.1, 0.15) is 0 Å². The van der Waals surface area contributed by atoms with Gasteiger partial charge in [-0.05, 0) is 37.5 Å². The smallest absolute Gasteiger partial charge is 0.264 e. The number of aryl methyl sites for hydroxylation is 2. The molecule has 21 heavy (non-hydrogen) atoms. The van der Waals surface area contributed by atoms with E-state index in [2.05, 4.69) is 39.0 Å². The third kappa shape index (κ3) is 3.53. The second kappa shape index (κ2) is 6.90. The van der Waals surface area contributed by atoms with Crippen LogP contribution >= 0.6 is 11.3 Å². The Morgan fingerprint density at radius 1 is 1.29 bits per heavy atom. The Morgan fingerprint density at radius 3 is 2.57 bits per heavy atom. The van der Waals surface area contributed by atoms with Crippen molar-refractivity contribution in [3.8, 4) is 0 Å². The van der Waals surface area contributed by atoms with Crippen LogP contribution in [0.15, 0.2) is 36.4 Å². The van der Waals surface area contributed by atoms with Crippen LogP contribution in [0.4, 0.5) is 0 Å². The van der Waals surface area contributed by atoms with Gasteiger partial charge in [-0.3, -0.25) is 4.79 Å². The SMILES string of the molecule is CCCc1cc(C(=O)N(C)C(C)c2ccccc2)sc1C. The number of carbonyl (C=O) groups is 1. The molecule has 0 saturated heterocycles. The highest BCUT2D eigenvalue weighted by molar-refractivity contribution is 7.14. The van der Waals surface area contributed by atoms with Gasteiger partial charge in [-0.15, -0.1) is 11.3 Å². The van der Waals surface area contributed by atoms with Crippen molar-refractivity contribution in [2.75, 3.05) is 7.05 Å². The molecule has 0 aliphatic heterocycles. The average molecular weight is 301 g/mol. The summed E-state index contributed by atoms with van der Waals surface area (Å²) in [7, 11) is 1.88. The van der Waals surface area contributed by atoms with E-state index >= 15 is 0 Å². The van der Waals surface area contributed by atoms with E-state index in [-0.39, 0.29) is 11.9 Å². The van der Waals surface area contributed by atoms with Gasteiger partial charge in [-0.2, -0.15) is 0 Å².